The van der Waals surface area contributed by atoms with Crippen LogP contribution in [0.4, 0.5) is 0 Å². The van der Waals surface area contributed by atoms with Gasteiger partial charge in [0.1, 0.15) is 0 Å². The average molecular weight is 247 g/mol. The predicted octanol–water partition coefficient (Wildman–Crippen LogP) is 4.55. The van der Waals surface area contributed by atoms with Crippen LogP contribution in [0.3, 0.4) is 0 Å². The highest BCUT2D eigenvalue weighted by atomic mass is 16.5. The van der Waals surface area contributed by atoms with Crippen molar-refractivity contribution < 1.29 is 4.74 Å². The van der Waals surface area contributed by atoms with Crippen molar-refractivity contribution in [3.8, 4) is 0 Å². The Morgan fingerprint density at radius 3 is 2.78 bits per heavy atom. The molecule has 0 radical (unpaired) electrons. The van der Waals surface area contributed by atoms with Gasteiger partial charge in [-0.05, 0) is 30.4 Å². The first kappa shape index (κ1) is 14.7. The van der Waals surface area contributed by atoms with E-state index in [2.05, 4.69) is 36.2 Å². The molecule has 0 saturated carbocycles. The van der Waals surface area contributed by atoms with Crippen LogP contribution >= 0.6 is 0 Å². The molecule has 0 fully saturated rings. The summed E-state index contributed by atoms with van der Waals surface area (Å²) < 4.78 is 5.52. The molecule has 1 aliphatic carbocycles. The van der Waals surface area contributed by atoms with Gasteiger partial charge in [0.2, 0.25) is 0 Å². The van der Waals surface area contributed by atoms with Crippen molar-refractivity contribution >= 4 is 5.90 Å². The molecule has 1 aliphatic rings. The molecule has 0 amide bonds. The molecule has 2 rings (SSSR count). The summed E-state index contributed by atoms with van der Waals surface area (Å²) in [5.74, 6) is 0.823. The van der Waals surface area contributed by atoms with Crippen molar-refractivity contribution in [3.63, 3.8) is 0 Å². The number of benzene rings is 1. The van der Waals surface area contributed by atoms with Crippen molar-refractivity contribution in [1.82, 2.24) is 0 Å². The second kappa shape index (κ2) is 7.91. The zero-order valence-corrected chi connectivity index (χ0v) is 12.1. The van der Waals surface area contributed by atoms with E-state index in [0.717, 1.165) is 31.8 Å². The van der Waals surface area contributed by atoms with Crippen molar-refractivity contribution in [2.75, 3.05) is 6.61 Å². The van der Waals surface area contributed by atoms with Crippen LogP contribution in [-0.2, 0) is 11.2 Å². The van der Waals surface area contributed by atoms with E-state index in [4.69, 9.17) is 4.74 Å². The van der Waals surface area contributed by atoms with E-state index in [0.29, 0.717) is 6.04 Å². The van der Waals surface area contributed by atoms with Gasteiger partial charge in [0.15, 0.2) is 5.90 Å². The number of aryl methyl sites for hydroxylation is 1. The third-order valence-corrected chi connectivity index (χ3v) is 2.95. The molecule has 0 N–H and O–H groups in total. The molecule has 1 atom stereocenters. The largest absolute Gasteiger partial charge is 0.481 e. The normalized spacial score (nSPS) is 17.8. The van der Waals surface area contributed by atoms with Gasteiger partial charge in [-0.2, -0.15) is 0 Å². The highest BCUT2D eigenvalue weighted by Crippen LogP contribution is 2.33. The van der Waals surface area contributed by atoms with Gasteiger partial charge in [-0.3, -0.25) is 0 Å². The Kier molecular flexibility index (Phi) is 6.48. The highest BCUT2D eigenvalue weighted by molar-refractivity contribution is 5.73. The van der Waals surface area contributed by atoms with E-state index >= 15 is 0 Å². The van der Waals surface area contributed by atoms with Crippen molar-refractivity contribution in [3.05, 3.63) is 35.4 Å². The standard InChI is InChI=1S/C14H19NO.C2H6/c1-3-10-16-11(2)15-14-9-8-12-6-4-5-7-13(12)14;1-2/h4-7,14H,3,8-10H2,1-2H3;1-2H3. The van der Waals surface area contributed by atoms with Gasteiger partial charge < -0.3 is 4.74 Å². The van der Waals surface area contributed by atoms with Crippen LogP contribution in [0.5, 0.6) is 0 Å². The second-order valence-corrected chi connectivity index (χ2v) is 4.25. The number of ether oxygens (including phenoxy) is 1. The van der Waals surface area contributed by atoms with Gasteiger partial charge in [0.05, 0.1) is 12.6 Å². The fraction of sp³-hybridized carbons (Fsp3) is 0.562. The maximum Gasteiger partial charge on any atom is 0.180 e. The Hall–Kier alpha value is -1.31. The summed E-state index contributed by atoms with van der Waals surface area (Å²) in [6.07, 6.45) is 3.30. The third-order valence-electron chi connectivity index (χ3n) is 2.95. The summed E-state index contributed by atoms with van der Waals surface area (Å²) in [6, 6.07) is 8.89. The highest BCUT2D eigenvalue weighted by Gasteiger charge is 2.21. The summed E-state index contributed by atoms with van der Waals surface area (Å²) in [6.45, 7) is 8.83. The zero-order chi connectivity index (χ0) is 13.4. The van der Waals surface area contributed by atoms with Gasteiger partial charge in [-0.1, -0.05) is 45.0 Å². The van der Waals surface area contributed by atoms with Gasteiger partial charge in [0.25, 0.3) is 0 Å². The van der Waals surface area contributed by atoms with Crippen molar-refractivity contribution in [2.24, 2.45) is 4.99 Å². The maximum atomic E-state index is 5.52. The molecule has 2 heteroatoms. The molecule has 1 unspecified atom stereocenters. The van der Waals surface area contributed by atoms with Crippen LogP contribution in [0.25, 0.3) is 0 Å². The Balaban J connectivity index is 0.000000771. The fourth-order valence-electron chi connectivity index (χ4n) is 2.18. The van der Waals surface area contributed by atoms with Gasteiger partial charge >= 0.3 is 0 Å². The molecule has 0 bridgehead atoms. The zero-order valence-electron chi connectivity index (χ0n) is 12.1. The number of fused-ring (bicyclic) bond motifs is 1. The first-order valence-corrected chi connectivity index (χ1v) is 7.06. The first-order chi connectivity index (χ1) is 8.81. The number of hydrogen-bond donors (Lipinski definition) is 0. The van der Waals surface area contributed by atoms with Crippen molar-refractivity contribution in [2.45, 2.75) is 53.0 Å². The molecule has 0 saturated heterocycles. The fourth-order valence-corrected chi connectivity index (χ4v) is 2.18. The Labute approximate surface area is 111 Å². The molecular weight excluding hydrogens is 222 g/mol. The summed E-state index contributed by atoms with van der Waals surface area (Å²) in [4.78, 5) is 4.65. The molecule has 1 aromatic carbocycles. The van der Waals surface area contributed by atoms with Gasteiger partial charge in [0, 0.05) is 6.92 Å². The summed E-state index contributed by atoms with van der Waals surface area (Å²) >= 11 is 0. The van der Waals surface area contributed by atoms with E-state index in [1.165, 1.54) is 11.1 Å². The average Bonchev–Trinajstić information content (AvgIpc) is 2.82. The lowest BCUT2D eigenvalue weighted by Crippen LogP contribution is -2.03. The van der Waals surface area contributed by atoms with Gasteiger partial charge in [-0.25, -0.2) is 4.99 Å². The van der Waals surface area contributed by atoms with Crippen LogP contribution in [0.1, 0.15) is 57.7 Å². The molecule has 0 spiro atoms. The van der Waals surface area contributed by atoms with E-state index < -0.39 is 0 Å². The third kappa shape index (κ3) is 3.86. The lowest BCUT2D eigenvalue weighted by molar-refractivity contribution is 0.298. The first-order valence-electron chi connectivity index (χ1n) is 7.06. The quantitative estimate of drug-likeness (QED) is 0.567. The molecule has 2 nitrogen and oxygen atoms in total. The van der Waals surface area contributed by atoms with E-state index in [-0.39, 0.29) is 0 Å². The molecule has 0 aliphatic heterocycles. The van der Waals surface area contributed by atoms with Crippen LogP contribution < -0.4 is 0 Å². The maximum absolute atomic E-state index is 5.52. The predicted molar refractivity (Wildman–Crippen MR) is 78.2 cm³/mol. The summed E-state index contributed by atoms with van der Waals surface area (Å²) in [5, 5.41) is 0. The minimum Gasteiger partial charge on any atom is -0.481 e. The lowest BCUT2D eigenvalue weighted by Gasteiger charge is -2.09. The Morgan fingerprint density at radius 1 is 1.33 bits per heavy atom. The van der Waals surface area contributed by atoms with Crippen LogP contribution in [0.15, 0.2) is 29.3 Å². The number of nitrogens with zero attached hydrogens (tertiary/aromatic N) is 1. The molecule has 0 aromatic heterocycles. The van der Waals surface area contributed by atoms with Crippen molar-refractivity contribution in [1.29, 1.82) is 0 Å². The smallest absolute Gasteiger partial charge is 0.180 e. The Morgan fingerprint density at radius 2 is 2.06 bits per heavy atom. The molecule has 18 heavy (non-hydrogen) atoms. The molecular formula is C16H25NO. The monoisotopic (exact) mass is 247 g/mol. The van der Waals surface area contributed by atoms with Crippen LogP contribution in [-0.4, -0.2) is 12.5 Å². The minimum atomic E-state index is 0.313. The van der Waals surface area contributed by atoms with E-state index in [9.17, 15) is 0 Å². The Bertz CT molecular complexity index is 384. The summed E-state index contributed by atoms with van der Waals surface area (Å²) in [5.41, 5.74) is 2.82. The van der Waals surface area contributed by atoms with Crippen LogP contribution in [0, 0.1) is 0 Å². The number of aliphatic imine (C=N–C) groups is 1. The molecule has 1 aromatic rings. The minimum absolute atomic E-state index is 0.313. The van der Waals surface area contributed by atoms with Crippen LogP contribution in [0.2, 0.25) is 0 Å². The van der Waals surface area contributed by atoms with E-state index in [1.54, 1.807) is 0 Å². The number of hydrogen-bond acceptors (Lipinski definition) is 2. The van der Waals surface area contributed by atoms with E-state index in [1.807, 2.05) is 20.8 Å². The molecule has 100 valence electrons. The SMILES string of the molecule is CC.CCCOC(C)=NC1CCc2ccccc21. The molecule has 0 heterocycles. The lowest BCUT2D eigenvalue weighted by atomic mass is 10.1. The topological polar surface area (TPSA) is 21.6 Å². The number of rotatable bonds is 3. The summed E-state index contributed by atoms with van der Waals surface area (Å²) in [7, 11) is 0. The van der Waals surface area contributed by atoms with Gasteiger partial charge in [-0.15, -0.1) is 0 Å². The second-order valence-electron chi connectivity index (χ2n) is 4.25.